The van der Waals surface area contributed by atoms with Gasteiger partial charge in [-0.15, -0.1) is 0 Å². The van der Waals surface area contributed by atoms with Gasteiger partial charge >= 0.3 is 0 Å². The monoisotopic (exact) mass is 315 g/mol. The summed E-state index contributed by atoms with van der Waals surface area (Å²) < 4.78 is 7.14. The van der Waals surface area contributed by atoms with E-state index in [-0.39, 0.29) is 11.5 Å². The summed E-state index contributed by atoms with van der Waals surface area (Å²) in [5.74, 6) is 1.11. The van der Waals surface area contributed by atoms with Crippen LogP contribution in [0.25, 0.3) is 10.9 Å². The lowest BCUT2D eigenvalue weighted by molar-refractivity contribution is 0.0828. The number of hydrogen-bond acceptors (Lipinski definition) is 4. The molecule has 5 heteroatoms. The molecule has 0 aliphatic carbocycles. The molecule has 0 bridgehead atoms. The maximum atomic E-state index is 12.9. The van der Waals surface area contributed by atoms with Gasteiger partial charge in [-0.1, -0.05) is 6.07 Å². The lowest BCUT2D eigenvalue weighted by Crippen LogP contribution is -2.32. The zero-order valence-electron chi connectivity index (χ0n) is 14.3. The molecule has 3 rings (SSSR count). The highest BCUT2D eigenvalue weighted by Crippen LogP contribution is 2.29. The number of aromatic nitrogens is 2. The first-order valence-electron chi connectivity index (χ1n) is 8.17. The minimum absolute atomic E-state index is 0.00527. The lowest BCUT2D eigenvalue weighted by Gasteiger charge is -2.26. The Morgan fingerprint density at radius 1 is 1.30 bits per heavy atom. The zero-order chi connectivity index (χ0) is 16.8. The Bertz CT molecular complexity index is 796. The van der Waals surface area contributed by atoms with Crippen LogP contribution in [-0.2, 0) is 17.3 Å². The van der Waals surface area contributed by atoms with Crippen LogP contribution in [0.4, 0.5) is 0 Å². The Balaban J connectivity index is 2.30. The Morgan fingerprint density at radius 2 is 1.96 bits per heavy atom. The first-order valence-corrected chi connectivity index (χ1v) is 8.17. The van der Waals surface area contributed by atoms with E-state index >= 15 is 0 Å². The van der Waals surface area contributed by atoms with Crippen molar-refractivity contribution in [2.24, 2.45) is 12.8 Å². The van der Waals surface area contributed by atoms with Crippen molar-refractivity contribution in [3.63, 3.8) is 0 Å². The van der Waals surface area contributed by atoms with Crippen LogP contribution in [0.2, 0.25) is 0 Å². The average Bonchev–Trinajstić information content (AvgIpc) is 2.50. The highest BCUT2D eigenvalue weighted by molar-refractivity contribution is 5.83. The molecule has 0 saturated carbocycles. The van der Waals surface area contributed by atoms with E-state index in [1.54, 1.807) is 4.57 Å². The van der Waals surface area contributed by atoms with Crippen LogP contribution in [0.5, 0.6) is 0 Å². The third-order valence-corrected chi connectivity index (χ3v) is 4.64. The summed E-state index contributed by atoms with van der Waals surface area (Å²) in [5, 5.41) is 0.650. The molecule has 0 spiro atoms. The number of aryl methyl sites for hydroxylation is 1. The van der Waals surface area contributed by atoms with E-state index < -0.39 is 5.54 Å². The smallest absolute Gasteiger partial charge is 0.261 e. The van der Waals surface area contributed by atoms with Crippen LogP contribution in [0.1, 0.15) is 49.6 Å². The van der Waals surface area contributed by atoms with E-state index in [0.29, 0.717) is 5.39 Å². The molecule has 1 aliphatic heterocycles. The Hall–Kier alpha value is -1.72. The number of nitrogens with two attached hydrogens (primary N) is 1. The van der Waals surface area contributed by atoms with Crippen molar-refractivity contribution in [2.45, 2.75) is 45.1 Å². The second-order valence-electron chi connectivity index (χ2n) is 7.15. The zero-order valence-corrected chi connectivity index (χ0v) is 14.3. The number of fused-ring (bicyclic) bond motifs is 1. The predicted molar refractivity (Wildman–Crippen MR) is 91.7 cm³/mol. The second kappa shape index (κ2) is 5.73. The van der Waals surface area contributed by atoms with Gasteiger partial charge in [0.05, 0.1) is 10.9 Å². The van der Waals surface area contributed by atoms with Crippen molar-refractivity contribution >= 4 is 10.9 Å². The fourth-order valence-corrected chi connectivity index (χ4v) is 3.35. The average molecular weight is 315 g/mol. The van der Waals surface area contributed by atoms with Crippen molar-refractivity contribution in [2.75, 3.05) is 13.2 Å². The summed E-state index contributed by atoms with van der Waals surface area (Å²) in [6, 6.07) is 3.95. The number of hydrogen-bond donors (Lipinski definition) is 1. The van der Waals surface area contributed by atoms with Gasteiger partial charge in [0.15, 0.2) is 0 Å². The van der Waals surface area contributed by atoms with Gasteiger partial charge in [-0.25, -0.2) is 4.98 Å². The molecule has 2 heterocycles. The van der Waals surface area contributed by atoms with Crippen LogP contribution < -0.4 is 11.3 Å². The van der Waals surface area contributed by atoms with Crippen molar-refractivity contribution in [1.29, 1.82) is 0 Å². The van der Waals surface area contributed by atoms with Crippen molar-refractivity contribution in [3.05, 3.63) is 39.4 Å². The van der Waals surface area contributed by atoms with Gasteiger partial charge in [0.1, 0.15) is 5.82 Å². The van der Waals surface area contributed by atoms with Gasteiger partial charge < -0.3 is 10.5 Å². The molecule has 1 fully saturated rings. The van der Waals surface area contributed by atoms with Crippen LogP contribution in [0, 0.1) is 6.92 Å². The molecule has 2 aromatic rings. The van der Waals surface area contributed by atoms with Gasteiger partial charge in [0.2, 0.25) is 0 Å². The predicted octanol–water partition coefficient (Wildman–Crippen LogP) is 2.33. The molecule has 5 nitrogen and oxygen atoms in total. The molecule has 23 heavy (non-hydrogen) atoms. The Labute approximate surface area is 136 Å². The summed E-state index contributed by atoms with van der Waals surface area (Å²) in [6.07, 6.45) is 1.80. The molecule has 1 aliphatic rings. The first kappa shape index (κ1) is 16.1. The quantitative estimate of drug-likeness (QED) is 0.923. The molecule has 0 unspecified atom stereocenters. The highest BCUT2D eigenvalue weighted by atomic mass is 16.5. The maximum Gasteiger partial charge on any atom is 0.261 e. The van der Waals surface area contributed by atoms with Gasteiger partial charge in [0.25, 0.3) is 5.56 Å². The SMILES string of the molecule is Cc1cc(C(C)(C)N)c2nc(C3CCOCC3)n(C)c(=O)c2c1. The number of rotatable bonds is 2. The van der Waals surface area contributed by atoms with Crippen LogP contribution in [0.15, 0.2) is 16.9 Å². The summed E-state index contributed by atoms with van der Waals surface area (Å²) >= 11 is 0. The van der Waals surface area contributed by atoms with Crippen LogP contribution in [0.3, 0.4) is 0 Å². The molecular weight excluding hydrogens is 290 g/mol. The third kappa shape index (κ3) is 2.91. The standard InChI is InChI=1S/C18H25N3O2/c1-11-9-13-15(14(10-11)18(2,3)19)20-16(21(4)17(13)22)12-5-7-23-8-6-12/h9-10,12H,5-8,19H2,1-4H3. The maximum absolute atomic E-state index is 12.9. The van der Waals surface area contributed by atoms with Gasteiger partial charge in [-0.2, -0.15) is 0 Å². The van der Waals surface area contributed by atoms with E-state index in [4.69, 9.17) is 15.5 Å². The molecule has 0 radical (unpaired) electrons. The van der Waals surface area contributed by atoms with Crippen molar-refractivity contribution < 1.29 is 4.74 Å². The van der Waals surface area contributed by atoms with Crippen molar-refractivity contribution in [1.82, 2.24) is 9.55 Å². The van der Waals surface area contributed by atoms with E-state index in [1.807, 2.05) is 40.0 Å². The van der Waals surface area contributed by atoms with E-state index in [9.17, 15) is 4.79 Å². The van der Waals surface area contributed by atoms with E-state index in [2.05, 4.69) is 0 Å². The Kier molecular flexibility index (Phi) is 4.02. The molecule has 1 aromatic carbocycles. The topological polar surface area (TPSA) is 70.1 Å². The largest absolute Gasteiger partial charge is 0.381 e. The minimum atomic E-state index is -0.545. The summed E-state index contributed by atoms with van der Waals surface area (Å²) in [6.45, 7) is 7.34. The van der Waals surface area contributed by atoms with Crippen LogP contribution >= 0.6 is 0 Å². The Morgan fingerprint density at radius 3 is 2.57 bits per heavy atom. The normalized spacial score (nSPS) is 16.9. The van der Waals surface area contributed by atoms with E-state index in [0.717, 1.165) is 48.5 Å². The second-order valence-corrected chi connectivity index (χ2v) is 7.15. The minimum Gasteiger partial charge on any atom is -0.381 e. The molecule has 1 aromatic heterocycles. The molecule has 1 saturated heterocycles. The molecule has 0 amide bonds. The fraction of sp³-hybridized carbons (Fsp3) is 0.556. The first-order chi connectivity index (χ1) is 10.8. The molecule has 124 valence electrons. The van der Waals surface area contributed by atoms with Crippen LogP contribution in [-0.4, -0.2) is 22.8 Å². The fourth-order valence-electron chi connectivity index (χ4n) is 3.35. The highest BCUT2D eigenvalue weighted by Gasteiger charge is 2.25. The lowest BCUT2D eigenvalue weighted by atomic mass is 9.91. The summed E-state index contributed by atoms with van der Waals surface area (Å²) in [4.78, 5) is 17.8. The third-order valence-electron chi connectivity index (χ3n) is 4.64. The number of benzene rings is 1. The molecule has 2 N–H and O–H groups in total. The number of ether oxygens (including phenoxy) is 1. The molecular formula is C18H25N3O2. The summed E-state index contributed by atoms with van der Waals surface area (Å²) in [5.41, 5.74) is 8.50. The number of nitrogens with zero attached hydrogens (tertiary/aromatic N) is 2. The molecule has 0 atom stereocenters. The van der Waals surface area contributed by atoms with Gasteiger partial charge in [-0.3, -0.25) is 9.36 Å². The van der Waals surface area contributed by atoms with E-state index in [1.165, 1.54) is 0 Å². The van der Waals surface area contributed by atoms with Gasteiger partial charge in [-0.05, 0) is 50.8 Å². The van der Waals surface area contributed by atoms with Gasteiger partial charge in [0, 0.05) is 31.7 Å². The van der Waals surface area contributed by atoms with Crippen molar-refractivity contribution in [3.8, 4) is 0 Å². The summed E-state index contributed by atoms with van der Waals surface area (Å²) in [7, 11) is 1.81.